The first-order valence-electron chi connectivity index (χ1n) is 11.8. The fourth-order valence-corrected chi connectivity index (χ4v) is 6.73. The Morgan fingerprint density at radius 3 is 2.56 bits per heavy atom. The summed E-state index contributed by atoms with van der Waals surface area (Å²) in [5.41, 5.74) is 3.59. The number of piperidine rings is 1. The van der Waals surface area contributed by atoms with Crippen LogP contribution in [-0.4, -0.2) is 68.0 Å². The van der Waals surface area contributed by atoms with Gasteiger partial charge in [0.05, 0.1) is 55.0 Å². The zero-order chi connectivity index (χ0) is 21.4. The Labute approximate surface area is 191 Å². The second-order valence-electron chi connectivity index (χ2n) is 10.3. The molecule has 0 spiro atoms. The lowest BCUT2D eigenvalue weighted by molar-refractivity contribution is -0.0977. The van der Waals surface area contributed by atoms with Crippen LogP contribution in [0.15, 0.2) is 30.7 Å². The van der Waals surface area contributed by atoms with Crippen molar-refractivity contribution >= 4 is 22.5 Å². The molecular weight excluding hydrogens is 426 g/mol. The monoisotopic (exact) mass is 453 g/mol. The quantitative estimate of drug-likeness (QED) is 0.656. The van der Waals surface area contributed by atoms with Gasteiger partial charge in [0.1, 0.15) is 5.69 Å². The number of halogens is 1. The normalized spacial score (nSPS) is 32.9. The van der Waals surface area contributed by atoms with Crippen LogP contribution in [-0.2, 0) is 10.3 Å². The van der Waals surface area contributed by atoms with Crippen LogP contribution < -0.4 is 0 Å². The number of ether oxygens (including phenoxy) is 1. The molecule has 8 heteroatoms. The molecule has 168 valence electrons. The van der Waals surface area contributed by atoms with Gasteiger partial charge in [-0.15, -0.1) is 0 Å². The number of aromatic nitrogens is 4. The standard InChI is InChI=1S/C24H28ClN5O2/c25-20-5-17-10-27-30(18-11-26-29(12-18)24-7-15(8-24)9-24)21(17)6-19(20)16-1-3-28(4-2-16)22-13-32-14-23(22)31/h5-6,10-12,15-16,22-23,31H,1-4,7-9,13-14H2/t15?,22?,23-,24?/m0/s1. The van der Waals surface area contributed by atoms with Crippen LogP contribution in [0.5, 0.6) is 0 Å². The molecule has 5 fully saturated rings. The van der Waals surface area contributed by atoms with E-state index in [1.54, 1.807) is 0 Å². The number of aliphatic hydroxyl groups excluding tert-OH is 1. The number of fused-ring (bicyclic) bond motifs is 1. The Morgan fingerprint density at radius 2 is 1.88 bits per heavy atom. The van der Waals surface area contributed by atoms with E-state index in [-0.39, 0.29) is 17.7 Å². The minimum Gasteiger partial charge on any atom is -0.389 e. The summed E-state index contributed by atoms with van der Waals surface area (Å²) in [6.07, 6.45) is 11.5. The van der Waals surface area contributed by atoms with Crippen molar-refractivity contribution < 1.29 is 9.84 Å². The lowest BCUT2D eigenvalue weighted by Crippen LogP contribution is -2.59. The molecule has 32 heavy (non-hydrogen) atoms. The van der Waals surface area contributed by atoms with Crippen LogP contribution in [0, 0.1) is 5.92 Å². The van der Waals surface area contributed by atoms with Crippen molar-refractivity contribution in [3.63, 3.8) is 0 Å². The topological polar surface area (TPSA) is 68.3 Å². The molecule has 2 saturated heterocycles. The Hall–Kier alpha value is -1.93. The molecule has 3 aromatic rings. The molecule has 0 amide bonds. The number of hydrogen-bond donors (Lipinski definition) is 1. The average molecular weight is 454 g/mol. The van der Waals surface area contributed by atoms with Gasteiger partial charge in [0.15, 0.2) is 0 Å². The summed E-state index contributed by atoms with van der Waals surface area (Å²) < 4.78 is 9.63. The molecule has 5 aliphatic rings. The molecule has 3 aliphatic carbocycles. The molecular formula is C24H28ClN5O2. The Kier molecular flexibility index (Phi) is 4.29. The van der Waals surface area contributed by atoms with Crippen LogP contribution in [0.2, 0.25) is 5.02 Å². The number of likely N-dealkylation sites (tertiary alicyclic amines) is 1. The van der Waals surface area contributed by atoms with E-state index in [1.807, 2.05) is 17.1 Å². The van der Waals surface area contributed by atoms with Crippen LogP contribution in [0.25, 0.3) is 16.6 Å². The maximum atomic E-state index is 10.2. The molecule has 8 rings (SSSR count). The van der Waals surface area contributed by atoms with Gasteiger partial charge in [0.25, 0.3) is 0 Å². The SMILES string of the molecule is O[C@H]1COCC1N1CCC(c2cc3c(cnn3-c3cnn(C45CC(C4)C5)c3)cc2Cl)CC1. The first kappa shape index (κ1) is 19.5. The third kappa shape index (κ3) is 2.84. The van der Waals surface area contributed by atoms with E-state index in [0.29, 0.717) is 19.1 Å². The highest BCUT2D eigenvalue weighted by atomic mass is 35.5. The van der Waals surface area contributed by atoms with E-state index < -0.39 is 0 Å². The van der Waals surface area contributed by atoms with Gasteiger partial charge < -0.3 is 9.84 Å². The predicted octanol–water partition coefficient (Wildman–Crippen LogP) is 3.32. The third-order valence-corrected chi connectivity index (χ3v) is 8.78. The summed E-state index contributed by atoms with van der Waals surface area (Å²) in [5, 5.41) is 21.4. The molecule has 2 aliphatic heterocycles. The highest BCUT2D eigenvalue weighted by Gasteiger charge is 2.58. The lowest BCUT2D eigenvalue weighted by Gasteiger charge is -2.61. The van der Waals surface area contributed by atoms with E-state index in [9.17, 15) is 5.11 Å². The Morgan fingerprint density at radius 1 is 1.06 bits per heavy atom. The molecule has 1 N–H and O–H groups in total. The van der Waals surface area contributed by atoms with Gasteiger partial charge in [-0.05, 0) is 74.7 Å². The van der Waals surface area contributed by atoms with Gasteiger partial charge in [-0.2, -0.15) is 10.2 Å². The smallest absolute Gasteiger partial charge is 0.103 e. The van der Waals surface area contributed by atoms with Crippen molar-refractivity contribution in [2.45, 2.75) is 55.7 Å². The van der Waals surface area contributed by atoms with Crippen molar-refractivity contribution in [1.29, 1.82) is 0 Å². The van der Waals surface area contributed by atoms with E-state index in [4.69, 9.17) is 16.3 Å². The zero-order valence-corrected chi connectivity index (χ0v) is 18.8. The van der Waals surface area contributed by atoms with Crippen LogP contribution in [0.4, 0.5) is 0 Å². The lowest BCUT2D eigenvalue weighted by atomic mass is 9.50. The minimum atomic E-state index is -0.368. The van der Waals surface area contributed by atoms with Gasteiger partial charge >= 0.3 is 0 Å². The summed E-state index contributed by atoms with van der Waals surface area (Å²) in [6, 6.07) is 4.42. The van der Waals surface area contributed by atoms with Gasteiger partial charge in [-0.25, -0.2) is 4.68 Å². The molecule has 2 bridgehead atoms. The molecule has 4 heterocycles. The van der Waals surface area contributed by atoms with Crippen molar-refractivity contribution in [3.8, 4) is 5.69 Å². The fourth-order valence-electron chi connectivity index (χ4n) is 6.40. The summed E-state index contributed by atoms with van der Waals surface area (Å²) >= 11 is 6.75. The van der Waals surface area contributed by atoms with E-state index in [2.05, 4.69) is 38.1 Å². The van der Waals surface area contributed by atoms with Crippen molar-refractivity contribution in [3.05, 3.63) is 41.3 Å². The van der Waals surface area contributed by atoms with Gasteiger partial charge in [0, 0.05) is 10.4 Å². The van der Waals surface area contributed by atoms with E-state index in [0.717, 1.165) is 53.5 Å². The number of benzene rings is 1. The van der Waals surface area contributed by atoms with E-state index >= 15 is 0 Å². The second-order valence-corrected chi connectivity index (χ2v) is 10.7. The summed E-state index contributed by atoms with van der Waals surface area (Å²) in [7, 11) is 0. The van der Waals surface area contributed by atoms with E-state index in [1.165, 1.54) is 24.8 Å². The Balaban J connectivity index is 1.15. The third-order valence-electron chi connectivity index (χ3n) is 8.45. The first-order chi connectivity index (χ1) is 15.6. The summed E-state index contributed by atoms with van der Waals surface area (Å²) in [4.78, 5) is 2.38. The van der Waals surface area contributed by atoms with Gasteiger partial charge in [0.2, 0.25) is 0 Å². The molecule has 3 saturated carbocycles. The molecule has 1 aromatic carbocycles. The highest BCUT2D eigenvalue weighted by molar-refractivity contribution is 6.32. The molecule has 2 aromatic heterocycles. The summed E-state index contributed by atoms with van der Waals surface area (Å²) in [5.74, 6) is 1.34. The van der Waals surface area contributed by atoms with Crippen LogP contribution in [0.3, 0.4) is 0 Å². The molecule has 2 atom stereocenters. The fraction of sp³-hybridized carbons (Fsp3) is 0.583. The predicted molar refractivity (Wildman–Crippen MR) is 121 cm³/mol. The first-order valence-corrected chi connectivity index (χ1v) is 12.2. The zero-order valence-electron chi connectivity index (χ0n) is 18.0. The minimum absolute atomic E-state index is 0.132. The van der Waals surface area contributed by atoms with Crippen molar-refractivity contribution in [1.82, 2.24) is 24.5 Å². The van der Waals surface area contributed by atoms with Crippen molar-refractivity contribution in [2.24, 2.45) is 5.92 Å². The maximum Gasteiger partial charge on any atom is 0.103 e. The highest BCUT2D eigenvalue weighted by Crippen LogP contribution is 2.62. The van der Waals surface area contributed by atoms with Crippen LogP contribution in [0.1, 0.15) is 43.6 Å². The number of hydrogen-bond acceptors (Lipinski definition) is 5. The summed E-state index contributed by atoms with van der Waals surface area (Å²) in [6.45, 7) is 3.00. The largest absolute Gasteiger partial charge is 0.389 e. The van der Waals surface area contributed by atoms with Crippen LogP contribution >= 0.6 is 11.6 Å². The van der Waals surface area contributed by atoms with Crippen molar-refractivity contribution in [2.75, 3.05) is 26.3 Å². The second kappa shape index (κ2) is 7.03. The number of nitrogens with zero attached hydrogens (tertiary/aromatic N) is 5. The molecule has 1 unspecified atom stereocenters. The Bertz CT molecular complexity index is 1160. The maximum absolute atomic E-state index is 10.2. The number of rotatable bonds is 4. The molecule has 7 nitrogen and oxygen atoms in total. The van der Waals surface area contributed by atoms with Gasteiger partial charge in [-0.1, -0.05) is 11.6 Å². The van der Waals surface area contributed by atoms with Gasteiger partial charge in [-0.3, -0.25) is 9.58 Å². The average Bonchev–Trinajstić information content (AvgIpc) is 3.45. The molecule has 0 radical (unpaired) electrons. The number of aliphatic hydroxyl groups is 1.